The molecular formula is C13H12O2P+. The van der Waals surface area contributed by atoms with Gasteiger partial charge in [0.05, 0.1) is 0 Å². The summed E-state index contributed by atoms with van der Waals surface area (Å²) in [4.78, 5) is 0. The highest BCUT2D eigenvalue weighted by molar-refractivity contribution is 7.17. The monoisotopic (exact) mass is 231 g/mol. The van der Waals surface area contributed by atoms with Crippen molar-refractivity contribution in [2.75, 3.05) is 0 Å². The van der Waals surface area contributed by atoms with Crippen LogP contribution in [0.25, 0.3) is 0 Å². The first-order valence-electron chi connectivity index (χ1n) is 5.06. The first-order chi connectivity index (χ1) is 7.90. The molecule has 0 N–H and O–H groups in total. The molecule has 0 radical (unpaired) electrons. The van der Waals surface area contributed by atoms with Crippen LogP contribution in [0.2, 0.25) is 0 Å². The fourth-order valence-electron chi connectivity index (χ4n) is 1.61. The van der Waals surface area contributed by atoms with Crippen LogP contribution >= 0.6 is 8.69 Å². The van der Waals surface area contributed by atoms with Gasteiger partial charge < -0.3 is 0 Å². The summed E-state index contributed by atoms with van der Waals surface area (Å²) in [6, 6.07) is 17.8. The fraction of sp³-hybridized carbons (Fsp3) is 0.0769. The standard InChI is InChI=1S/C13H12O2P/c14-16-15-13-9-5-4-8-12(13)10-11-6-2-1-3-7-11/h1-9,16H,10H2/q+1. The Labute approximate surface area is 96.2 Å². The van der Waals surface area contributed by atoms with E-state index in [1.165, 1.54) is 5.56 Å². The van der Waals surface area contributed by atoms with Crippen LogP contribution in [0.15, 0.2) is 54.6 Å². The molecule has 0 amide bonds. The average molecular weight is 231 g/mol. The topological polar surface area (TPSA) is 26.3 Å². The van der Waals surface area contributed by atoms with Gasteiger partial charge in [-0.3, -0.25) is 4.52 Å². The highest BCUT2D eigenvalue weighted by Crippen LogP contribution is 2.23. The van der Waals surface area contributed by atoms with Crippen LogP contribution in [0.5, 0.6) is 5.75 Å². The molecular weight excluding hydrogens is 219 g/mol. The fourth-order valence-corrected chi connectivity index (χ4v) is 1.90. The maximum absolute atomic E-state index is 10.5. The van der Waals surface area contributed by atoms with Gasteiger partial charge in [-0.25, -0.2) is 0 Å². The molecule has 2 aromatic carbocycles. The van der Waals surface area contributed by atoms with Gasteiger partial charge in [-0.15, -0.1) is 0 Å². The van der Waals surface area contributed by atoms with Crippen molar-refractivity contribution in [3.63, 3.8) is 0 Å². The zero-order valence-electron chi connectivity index (χ0n) is 8.72. The van der Waals surface area contributed by atoms with E-state index in [9.17, 15) is 4.57 Å². The van der Waals surface area contributed by atoms with E-state index < -0.39 is 8.69 Å². The second kappa shape index (κ2) is 5.43. The van der Waals surface area contributed by atoms with Crippen molar-refractivity contribution < 1.29 is 9.09 Å². The molecule has 0 fully saturated rings. The van der Waals surface area contributed by atoms with Gasteiger partial charge in [0.1, 0.15) is 0 Å². The van der Waals surface area contributed by atoms with Crippen LogP contribution in [0.1, 0.15) is 11.1 Å². The highest BCUT2D eigenvalue weighted by Gasteiger charge is 2.06. The van der Waals surface area contributed by atoms with Crippen molar-refractivity contribution >= 4 is 8.69 Å². The van der Waals surface area contributed by atoms with Gasteiger partial charge in [-0.2, -0.15) is 0 Å². The maximum atomic E-state index is 10.5. The lowest BCUT2D eigenvalue weighted by Crippen LogP contribution is -1.90. The van der Waals surface area contributed by atoms with Crippen molar-refractivity contribution in [1.82, 2.24) is 0 Å². The van der Waals surface area contributed by atoms with Crippen molar-refractivity contribution in [2.45, 2.75) is 6.42 Å². The third-order valence-corrected chi connectivity index (χ3v) is 2.66. The molecule has 0 aliphatic rings. The van der Waals surface area contributed by atoms with Gasteiger partial charge in [0.15, 0.2) is 5.75 Å². The van der Waals surface area contributed by atoms with Crippen LogP contribution < -0.4 is 4.52 Å². The van der Waals surface area contributed by atoms with Crippen molar-refractivity contribution in [2.24, 2.45) is 0 Å². The van der Waals surface area contributed by atoms with Crippen molar-refractivity contribution in [3.05, 3.63) is 65.7 Å². The number of hydrogen-bond acceptors (Lipinski definition) is 2. The molecule has 0 saturated heterocycles. The van der Waals surface area contributed by atoms with E-state index in [0.29, 0.717) is 5.75 Å². The Balaban J connectivity index is 2.24. The minimum atomic E-state index is -0.758. The molecule has 0 spiro atoms. The zero-order valence-corrected chi connectivity index (χ0v) is 9.72. The summed E-state index contributed by atoms with van der Waals surface area (Å²) in [5, 5.41) is 0. The van der Waals surface area contributed by atoms with Gasteiger partial charge in [0, 0.05) is 12.0 Å². The van der Waals surface area contributed by atoms with Gasteiger partial charge >= 0.3 is 8.69 Å². The molecule has 16 heavy (non-hydrogen) atoms. The second-order valence-corrected chi connectivity index (χ2v) is 3.83. The molecule has 0 bridgehead atoms. The van der Waals surface area contributed by atoms with E-state index in [0.717, 1.165) is 12.0 Å². The Morgan fingerprint density at radius 2 is 1.62 bits per heavy atom. The van der Waals surface area contributed by atoms with Crippen molar-refractivity contribution in [3.8, 4) is 5.75 Å². The molecule has 0 aromatic heterocycles. The Bertz CT molecular complexity index is 468. The summed E-state index contributed by atoms with van der Waals surface area (Å²) in [6.07, 6.45) is 0.793. The molecule has 1 unspecified atom stereocenters. The molecule has 1 atom stereocenters. The predicted octanol–water partition coefficient (Wildman–Crippen LogP) is 3.60. The van der Waals surface area contributed by atoms with E-state index in [4.69, 9.17) is 4.52 Å². The van der Waals surface area contributed by atoms with E-state index in [-0.39, 0.29) is 0 Å². The summed E-state index contributed by atoms with van der Waals surface area (Å²) >= 11 is 0. The summed E-state index contributed by atoms with van der Waals surface area (Å²) in [7, 11) is -0.758. The maximum Gasteiger partial charge on any atom is 0.542 e. The first kappa shape index (κ1) is 10.8. The second-order valence-electron chi connectivity index (χ2n) is 3.46. The van der Waals surface area contributed by atoms with E-state index in [1.807, 2.05) is 42.5 Å². The highest BCUT2D eigenvalue weighted by atomic mass is 31.1. The first-order valence-corrected chi connectivity index (χ1v) is 5.87. The van der Waals surface area contributed by atoms with Crippen LogP contribution in [-0.2, 0) is 11.0 Å². The van der Waals surface area contributed by atoms with Gasteiger partial charge in [0.25, 0.3) is 0 Å². The smallest absolute Gasteiger partial charge is 0.256 e. The summed E-state index contributed by atoms with van der Waals surface area (Å²) < 4.78 is 15.6. The normalized spacial score (nSPS) is 10.2. The predicted molar refractivity (Wildman–Crippen MR) is 65.3 cm³/mol. The molecule has 0 saturated carbocycles. The largest absolute Gasteiger partial charge is 0.542 e. The molecule has 3 heteroatoms. The molecule has 0 heterocycles. The Morgan fingerprint density at radius 1 is 0.938 bits per heavy atom. The molecule has 0 aliphatic carbocycles. The number of para-hydroxylation sites is 1. The van der Waals surface area contributed by atoms with Gasteiger partial charge in [0.2, 0.25) is 0 Å². The van der Waals surface area contributed by atoms with Gasteiger partial charge in [-0.1, -0.05) is 48.5 Å². The third kappa shape index (κ3) is 2.68. The van der Waals surface area contributed by atoms with Crippen molar-refractivity contribution in [1.29, 1.82) is 0 Å². The third-order valence-electron chi connectivity index (χ3n) is 2.36. The summed E-state index contributed by atoms with van der Waals surface area (Å²) in [5.41, 5.74) is 2.27. The molecule has 2 rings (SSSR count). The zero-order chi connectivity index (χ0) is 11.2. The quantitative estimate of drug-likeness (QED) is 0.751. The van der Waals surface area contributed by atoms with Crippen LogP contribution in [-0.4, -0.2) is 0 Å². The average Bonchev–Trinajstić information content (AvgIpc) is 2.33. The van der Waals surface area contributed by atoms with E-state index >= 15 is 0 Å². The van der Waals surface area contributed by atoms with Gasteiger partial charge in [-0.05, 0) is 16.2 Å². The van der Waals surface area contributed by atoms with Crippen LogP contribution in [0.4, 0.5) is 0 Å². The molecule has 2 aromatic rings. The minimum Gasteiger partial charge on any atom is -0.256 e. The summed E-state index contributed by atoms with van der Waals surface area (Å²) in [6.45, 7) is 0. The lowest BCUT2D eigenvalue weighted by molar-refractivity contribution is 0.522. The van der Waals surface area contributed by atoms with Crippen LogP contribution in [0.3, 0.4) is 0 Å². The number of hydrogen-bond donors (Lipinski definition) is 0. The lowest BCUT2D eigenvalue weighted by Gasteiger charge is -2.03. The number of benzene rings is 2. The number of rotatable bonds is 4. The molecule has 2 nitrogen and oxygen atoms in total. The van der Waals surface area contributed by atoms with E-state index in [1.54, 1.807) is 0 Å². The summed E-state index contributed by atoms with van der Waals surface area (Å²) in [5.74, 6) is 0.694. The minimum absolute atomic E-state index is 0.694. The Hall–Kier alpha value is -1.66. The van der Waals surface area contributed by atoms with E-state index in [2.05, 4.69) is 12.1 Å². The Morgan fingerprint density at radius 3 is 2.38 bits per heavy atom. The molecule has 80 valence electrons. The Kier molecular flexibility index (Phi) is 3.68. The van der Waals surface area contributed by atoms with Crippen LogP contribution in [0, 0.1) is 0 Å². The lowest BCUT2D eigenvalue weighted by atomic mass is 10.0. The molecule has 0 aliphatic heterocycles. The SMILES string of the molecule is O=[PH+]Oc1ccccc1Cc1ccccc1.